The molecule has 2 aromatic rings. The Morgan fingerprint density at radius 3 is 2.43 bits per heavy atom. The van der Waals surface area contributed by atoms with Gasteiger partial charge in [-0.25, -0.2) is 14.8 Å². The summed E-state index contributed by atoms with van der Waals surface area (Å²) < 4.78 is 44.4. The fourth-order valence-corrected chi connectivity index (χ4v) is 4.99. The molecule has 2 bridgehead atoms. The van der Waals surface area contributed by atoms with Crippen molar-refractivity contribution in [3.8, 4) is 0 Å². The molecule has 188 valence electrons. The van der Waals surface area contributed by atoms with E-state index in [1.165, 1.54) is 0 Å². The third kappa shape index (κ3) is 4.98. The first-order valence-corrected chi connectivity index (χ1v) is 12.0. The molecule has 0 spiro atoms. The largest absolute Gasteiger partial charge is 0.444 e. The minimum Gasteiger partial charge on any atom is -0.444 e. The molecule has 4 heterocycles. The van der Waals surface area contributed by atoms with E-state index in [2.05, 4.69) is 26.3 Å². The minimum absolute atomic E-state index is 0.0184. The van der Waals surface area contributed by atoms with Crippen LogP contribution in [0.5, 0.6) is 0 Å². The van der Waals surface area contributed by atoms with Crippen LogP contribution in [0.4, 0.5) is 35.3 Å². The van der Waals surface area contributed by atoms with Crippen LogP contribution in [0.1, 0.15) is 57.1 Å². The van der Waals surface area contributed by atoms with E-state index in [1.807, 2.05) is 37.8 Å². The van der Waals surface area contributed by atoms with Crippen molar-refractivity contribution in [1.82, 2.24) is 14.9 Å². The van der Waals surface area contributed by atoms with Gasteiger partial charge in [-0.1, -0.05) is 11.6 Å². The van der Waals surface area contributed by atoms with Crippen LogP contribution < -0.4 is 10.2 Å². The number of piperidine rings is 1. The Morgan fingerprint density at radius 1 is 1.17 bits per heavy atom. The number of alkyl halides is 3. The molecule has 1 amide bonds. The monoisotopic (exact) mass is 509 g/mol. The summed E-state index contributed by atoms with van der Waals surface area (Å²) in [6.07, 6.45) is -1.11. The highest BCUT2D eigenvalue weighted by Gasteiger charge is 2.49. The van der Waals surface area contributed by atoms with Crippen LogP contribution in [-0.4, -0.2) is 51.7 Å². The van der Waals surface area contributed by atoms with Gasteiger partial charge in [0.15, 0.2) is 0 Å². The van der Waals surface area contributed by atoms with E-state index in [1.54, 1.807) is 0 Å². The van der Waals surface area contributed by atoms with Gasteiger partial charge in [-0.15, -0.1) is 0 Å². The second kappa shape index (κ2) is 8.43. The number of nitrogens with one attached hydrogen (secondary N) is 1. The van der Waals surface area contributed by atoms with E-state index >= 15 is 0 Å². The van der Waals surface area contributed by atoms with Crippen LogP contribution in [0.2, 0.25) is 5.15 Å². The number of aromatic nitrogens is 2. The smallest absolute Gasteiger partial charge is 0.420 e. The van der Waals surface area contributed by atoms with Gasteiger partial charge in [-0.05, 0) is 69.7 Å². The Labute approximate surface area is 206 Å². The van der Waals surface area contributed by atoms with Crippen LogP contribution >= 0.6 is 11.6 Å². The predicted octanol–water partition coefficient (Wildman–Crippen LogP) is 5.97. The second-order valence-electron chi connectivity index (χ2n) is 10.4. The second-order valence-corrected chi connectivity index (χ2v) is 10.8. The Bertz CT molecular complexity index is 1140. The topological polar surface area (TPSA) is 70.6 Å². The molecule has 1 aliphatic carbocycles. The van der Waals surface area contributed by atoms with Crippen LogP contribution in [0.25, 0.3) is 0 Å². The molecule has 35 heavy (non-hydrogen) atoms. The Hall–Kier alpha value is -2.75. The van der Waals surface area contributed by atoms with Crippen molar-refractivity contribution >= 4 is 35.0 Å². The summed E-state index contributed by atoms with van der Waals surface area (Å²) in [5, 5.41) is 2.41. The first-order valence-electron chi connectivity index (χ1n) is 11.7. The quantitative estimate of drug-likeness (QED) is 0.512. The predicted molar refractivity (Wildman–Crippen MR) is 126 cm³/mol. The number of benzene rings is 1. The minimum atomic E-state index is -4.61. The molecule has 4 aliphatic rings. The van der Waals surface area contributed by atoms with Gasteiger partial charge in [0.05, 0.1) is 12.1 Å². The van der Waals surface area contributed by atoms with Gasteiger partial charge in [0, 0.05) is 30.7 Å². The van der Waals surface area contributed by atoms with E-state index in [0.29, 0.717) is 12.1 Å². The van der Waals surface area contributed by atoms with Crippen molar-refractivity contribution in [3.63, 3.8) is 0 Å². The highest BCUT2D eigenvalue weighted by molar-refractivity contribution is 6.30. The van der Waals surface area contributed by atoms with E-state index in [-0.39, 0.29) is 24.1 Å². The lowest BCUT2D eigenvalue weighted by Gasteiger charge is -2.56. The van der Waals surface area contributed by atoms with E-state index in [4.69, 9.17) is 16.3 Å². The number of piperazine rings is 1. The van der Waals surface area contributed by atoms with E-state index in [9.17, 15) is 18.0 Å². The zero-order valence-corrected chi connectivity index (χ0v) is 20.5. The summed E-state index contributed by atoms with van der Waals surface area (Å²) in [5.74, 6) is 0.393. The number of amides is 1. The summed E-state index contributed by atoms with van der Waals surface area (Å²) in [7, 11) is 0. The highest BCUT2D eigenvalue weighted by Crippen LogP contribution is 2.46. The van der Waals surface area contributed by atoms with Gasteiger partial charge in [-0.2, -0.15) is 13.2 Å². The zero-order chi connectivity index (χ0) is 25.1. The number of fused-ring (bicyclic) bond motifs is 2. The molecule has 1 saturated carbocycles. The number of carbonyl (C=O) groups is 1. The van der Waals surface area contributed by atoms with Crippen molar-refractivity contribution in [3.05, 3.63) is 40.7 Å². The van der Waals surface area contributed by atoms with Crippen LogP contribution in [0, 0.1) is 0 Å². The lowest BCUT2D eigenvalue weighted by molar-refractivity contribution is -0.137. The number of rotatable bonds is 4. The maximum atomic E-state index is 13.0. The molecule has 4 fully saturated rings. The van der Waals surface area contributed by atoms with Gasteiger partial charge in [-0.3, -0.25) is 4.90 Å². The highest BCUT2D eigenvalue weighted by atomic mass is 35.5. The lowest BCUT2D eigenvalue weighted by Crippen LogP contribution is -2.70. The Morgan fingerprint density at radius 2 is 1.86 bits per heavy atom. The van der Waals surface area contributed by atoms with Crippen LogP contribution in [0.3, 0.4) is 0 Å². The summed E-state index contributed by atoms with van der Waals surface area (Å²) in [5.41, 5.74) is 1.30. The maximum Gasteiger partial charge on any atom is 0.420 e. The van der Waals surface area contributed by atoms with Gasteiger partial charge < -0.3 is 15.0 Å². The average Bonchev–Trinajstić information content (AvgIpc) is 3.57. The molecule has 1 N–H and O–H groups in total. The summed E-state index contributed by atoms with van der Waals surface area (Å²) in [6, 6.07) is 6.24. The molecule has 1 aromatic carbocycles. The summed E-state index contributed by atoms with van der Waals surface area (Å²) in [4.78, 5) is 24.3. The number of carbonyl (C=O) groups excluding carboxylic acids is 1. The number of nitrogens with zero attached hydrogens (tertiary/aromatic N) is 4. The van der Waals surface area contributed by atoms with Crippen molar-refractivity contribution in [2.24, 2.45) is 0 Å². The van der Waals surface area contributed by atoms with Crippen molar-refractivity contribution in [2.45, 2.75) is 69.8 Å². The maximum absolute atomic E-state index is 13.0. The molecular weight excluding hydrogens is 483 g/mol. The molecule has 2 atom stereocenters. The molecule has 3 saturated heterocycles. The molecular formula is C24H27ClF3N5O2. The Kier molecular flexibility index (Phi) is 5.77. The molecule has 3 aliphatic heterocycles. The third-order valence-corrected chi connectivity index (χ3v) is 6.80. The van der Waals surface area contributed by atoms with Gasteiger partial charge in [0.25, 0.3) is 0 Å². The number of anilines is 3. The standard InChI is InChI=1S/C24H27ClF3N5O2/c1-23(2,3)35-22(34)33-15-8-16(33)12-32(11-15)14-6-7-19(17(9-14)13-4-5-13)30-21-29-10-18(20(25)31-21)24(26,27)28/h6-7,9-10,13,15-16H,4-5,8,11-12H2,1-3H3,(H,29,30,31). The lowest BCUT2D eigenvalue weighted by atomic mass is 9.87. The van der Waals surface area contributed by atoms with Gasteiger partial charge in [0.1, 0.15) is 16.3 Å². The number of halogens is 4. The van der Waals surface area contributed by atoms with Crippen molar-refractivity contribution < 1.29 is 22.7 Å². The molecule has 2 unspecified atom stereocenters. The molecule has 6 rings (SSSR count). The van der Waals surface area contributed by atoms with Crippen LogP contribution in [-0.2, 0) is 10.9 Å². The summed E-state index contributed by atoms with van der Waals surface area (Å²) in [6.45, 7) is 7.05. The Balaban J connectivity index is 1.31. The van der Waals surface area contributed by atoms with Crippen LogP contribution in [0.15, 0.2) is 24.4 Å². The molecule has 11 heteroatoms. The fourth-order valence-electron chi connectivity index (χ4n) is 4.76. The average molecular weight is 510 g/mol. The van der Waals surface area contributed by atoms with Crippen molar-refractivity contribution in [2.75, 3.05) is 23.3 Å². The first-order chi connectivity index (χ1) is 16.4. The molecule has 7 nitrogen and oxygen atoms in total. The molecule has 1 aromatic heterocycles. The normalized spacial score (nSPS) is 22.0. The van der Waals surface area contributed by atoms with E-state index < -0.39 is 22.5 Å². The molecule has 0 radical (unpaired) electrons. The number of hydrogen-bond acceptors (Lipinski definition) is 6. The van der Waals surface area contributed by atoms with E-state index in [0.717, 1.165) is 49.3 Å². The first kappa shape index (κ1) is 24.0. The number of ether oxygens (including phenoxy) is 1. The third-order valence-electron chi connectivity index (χ3n) is 6.51. The van der Waals surface area contributed by atoms with Gasteiger partial charge in [0.2, 0.25) is 5.95 Å². The number of hydrogen-bond donors (Lipinski definition) is 1. The fraction of sp³-hybridized carbons (Fsp3) is 0.542. The van der Waals surface area contributed by atoms with Crippen molar-refractivity contribution in [1.29, 1.82) is 0 Å². The SMILES string of the molecule is CC(C)(C)OC(=O)N1C2CC1CN(c1ccc(Nc3ncc(C(F)(F)F)c(Cl)n3)c(C3CC3)c1)C2. The summed E-state index contributed by atoms with van der Waals surface area (Å²) >= 11 is 5.75. The van der Waals surface area contributed by atoms with Gasteiger partial charge >= 0.3 is 12.3 Å². The zero-order valence-electron chi connectivity index (χ0n) is 19.7.